The number of pyridine rings is 1. The fraction of sp³-hybridized carbons (Fsp3) is 0.0833. The second-order valence-electron chi connectivity index (χ2n) is 3.43. The van der Waals surface area contributed by atoms with Crippen LogP contribution in [0.15, 0.2) is 42.7 Å². The SMILES string of the molecule is Oc1ccc[n+](Cc2c(F)cccc2Cl)c1. The maximum absolute atomic E-state index is 13.5. The molecule has 0 atom stereocenters. The van der Waals surface area contributed by atoms with Crippen LogP contribution in [0.25, 0.3) is 0 Å². The normalized spacial score (nSPS) is 10.4. The van der Waals surface area contributed by atoms with Crippen LogP contribution in [0.4, 0.5) is 4.39 Å². The second kappa shape index (κ2) is 4.49. The molecule has 1 aromatic heterocycles. The Hall–Kier alpha value is -1.61. The third-order valence-corrected chi connectivity index (χ3v) is 2.60. The molecule has 0 spiro atoms. The number of aromatic nitrogens is 1. The summed E-state index contributed by atoms with van der Waals surface area (Å²) in [5.74, 6) is -0.210. The van der Waals surface area contributed by atoms with Crippen LogP contribution in [-0.2, 0) is 6.54 Å². The van der Waals surface area contributed by atoms with Crippen LogP contribution in [0.2, 0.25) is 5.02 Å². The van der Waals surface area contributed by atoms with Crippen molar-refractivity contribution in [1.29, 1.82) is 0 Å². The van der Waals surface area contributed by atoms with E-state index in [9.17, 15) is 9.50 Å². The highest BCUT2D eigenvalue weighted by Crippen LogP contribution is 2.18. The Bertz CT molecular complexity index is 496. The zero-order valence-electron chi connectivity index (χ0n) is 8.40. The first kappa shape index (κ1) is 10.9. The Balaban J connectivity index is 2.34. The number of rotatable bonds is 2. The minimum atomic E-state index is -0.344. The van der Waals surface area contributed by atoms with Gasteiger partial charge in [0.25, 0.3) is 0 Å². The van der Waals surface area contributed by atoms with Crippen molar-refractivity contribution in [3.8, 4) is 5.75 Å². The lowest BCUT2D eigenvalue weighted by Gasteiger charge is -2.02. The van der Waals surface area contributed by atoms with Crippen LogP contribution in [0.5, 0.6) is 5.75 Å². The number of benzene rings is 1. The van der Waals surface area contributed by atoms with E-state index < -0.39 is 0 Å². The van der Waals surface area contributed by atoms with E-state index in [0.717, 1.165) is 0 Å². The number of halogens is 2. The molecule has 1 aromatic carbocycles. The lowest BCUT2D eigenvalue weighted by molar-refractivity contribution is -0.688. The Kier molecular flexibility index (Phi) is 3.06. The average molecular weight is 239 g/mol. The zero-order chi connectivity index (χ0) is 11.5. The Labute approximate surface area is 97.5 Å². The van der Waals surface area contributed by atoms with Gasteiger partial charge in [0.2, 0.25) is 6.20 Å². The summed E-state index contributed by atoms with van der Waals surface area (Å²) in [6.45, 7) is 0.292. The largest absolute Gasteiger partial charge is 0.503 e. The van der Waals surface area contributed by atoms with E-state index in [1.165, 1.54) is 12.3 Å². The van der Waals surface area contributed by atoms with Crippen molar-refractivity contribution in [2.24, 2.45) is 0 Å². The maximum Gasteiger partial charge on any atom is 0.211 e. The van der Waals surface area contributed by atoms with Crippen LogP contribution in [0.1, 0.15) is 5.56 Å². The Morgan fingerprint density at radius 1 is 1.25 bits per heavy atom. The predicted molar refractivity (Wildman–Crippen MR) is 58.8 cm³/mol. The van der Waals surface area contributed by atoms with Crippen molar-refractivity contribution >= 4 is 11.6 Å². The van der Waals surface area contributed by atoms with Crippen molar-refractivity contribution in [3.63, 3.8) is 0 Å². The van der Waals surface area contributed by atoms with Crippen molar-refractivity contribution in [2.75, 3.05) is 0 Å². The summed E-state index contributed by atoms with van der Waals surface area (Å²) in [7, 11) is 0. The van der Waals surface area contributed by atoms with E-state index in [2.05, 4.69) is 0 Å². The summed E-state index contributed by atoms with van der Waals surface area (Å²) in [5, 5.41) is 9.67. The molecule has 0 unspecified atom stereocenters. The number of hydrogen-bond acceptors (Lipinski definition) is 1. The molecular formula is C12H10ClFNO+. The molecular weight excluding hydrogens is 229 g/mol. The molecule has 2 nitrogen and oxygen atoms in total. The lowest BCUT2D eigenvalue weighted by Crippen LogP contribution is -2.33. The summed E-state index contributed by atoms with van der Waals surface area (Å²) in [5.41, 5.74) is 0.416. The summed E-state index contributed by atoms with van der Waals surface area (Å²) in [4.78, 5) is 0. The molecule has 2 aromatic rings. The van der Waals surface area contributed by atoms with E-state index >= 15 is 0 Å². The molecule has 0 fully saturated rings. The molecule has 4 heteroatoms. The van der Waals surface area contributed by atoms with E-state index in [4.69, 9.17) is 11.6 Å². The van der Waals surface area contributed by atoms with Gasteiger partial charge in [-0.25, -0.2) is 4.39 Å². The molecule has 0 aliphatic carbocycles. The molecule has 16 heavy (non-hydrogen) atoms. The molecule has 0 aliphatic rings. The molecule has 82 valence electrons. The van der Waals surface area contributed by atoms with Gasteiger partial charge in [-0.3, -0.25) is 0 Å². The number of nitrogens with zero attached hydrogens (tertiary/aromatic N) is 1. The van der Waals surface area contributed by atoms with Gasteiger partial charge in [-0.05, 0) is 18.2 Å². The van der Waals surface area contributed by atoms with Gasteiger partial charge >= 0.3 is 0 Å². The standard InChI is InChI=1S/C12H9ClFNO/c13-11-4-1-5-12(14)10(11)8-15-6-2-3-9(16)7-15/h1-7H,8H2/p+1. The average Bonchev–Trinajstić information content (AvgIpc) is 2.24. The van der Waals surface area contributed by atoms with Gasteiger partial charge in [-0.1, -0.05) is 17.7 Å². The topological polar surface area (TPSA) is 24.1 Å². The summed E-state index contributed by atoms with van der Waals surface area (Å²) >= 11 is 5.90. The van der Waals surface area contributed by atoms with Gasteiger partial charge in [0, 0.05) is 6.07 Å². The van der Waals surface area contributed by atoms with Crippen LogP contribution in [0.3, 0.4) is 0 Å². The van der Waals surface area contributed by atoms with Crippen LogP contribution in [-0.4, -0.2) is 5.11 Å². The van der Waals surface area contributed by atoms with Crippen LogP contribution < -0.4 is 4.57 Å². The maximum atomic E-state index is 13.5. The molecule has 1 heterocycles. The first-order valence-corrected chi connectivity index (χ1v) is 5.15. The molecule has 0 bridgehead atoms. The quantitative estimate of drug-likeness (QED) is 0.799. The Morgan fingerprint density at radius 3 is 2.75 bits per heavy atom. The van der Waals surface area contributed by atoms with E-state index in [1.807, 2.05) is 0 Å². The highest BCUT2D eigenvalue weighted by atomic mass is 35.5. The highest BCUT2D eigenvalue weighted by Gasteiger charge is 2.12. The van der Waals surface area contributed by atoms with Crippen LogP contribution >= 0.6 is 11.6 Å². The smallest absolute Gasteiger partial charge is 0.211 e. The van der Waals surface area contributed by atoms with Gasteiger partial charge in [0.15, 0.2) is 18.5 Å². The summed E-state index contributed by atoms with van der Waals surface area (Å²) in [6.07, 6.45) is 3.26. The first-order chi connectivity index (χ1) is 7.66. The third-order valence-electron chi connectivity index (χ3n) is 2.24. The highest BCUT2D eigenvalue weighted by molar-refractivity contribution is 6.31. The number of hydrogen-bond donors (Lipinski definition) is 1. The van der Waals surface area contributed by atoms with E-state index in [0.29, 0.717) is 17.1 Å². The Morgan fingerprint density at radius 2 is 2.06 bits per heavy atom. The first-order valence-electron chi connectivity index (χ1n) is 4.78. The van der Waals surface area contributed by atoms with Crippen molar-refractivity contribution < 1.29 is 14.1 Å². The lowest BCUT2D eigenvalue weighted by atomic mass is 10.2. The van der Waals surface area contributed by atoms with Crippen molar-refractivity contribution in [3.05, 3.63) is 59.1 Å². The van der Waals surface area contributed by atoms with Gasteiger partial charge in [-0.15, -0.1) is 0 Å². The summed E-state index contributed by atoms with van der Waals surface area (Å²) in [6, 6.07) is 7.81. The van der Waals surface area contributed by atoms with Gasteiger partial charge < -0.3 is 5.11 Å². The fourth-order valence-electron chi connectivity index (χ4n) is 1.47. The molecule has 1 N–H and O–H groups in total. The molecule has 0 aliphatic heterocycles. The minimum Gasteiger partial charge on any atom is -0.503 e. The molecule has 0 radical (unpaired) electrons. The fourth-order valence-corrected chi connectivity index (χ4v) is 1.70. The molecule has 2 rings (SSSR count). The zero-order valence-corrected chi connectivity index (χ0v) is 9.15. The third kappa shape index (κ3) is 2.31. The number of aromatic hydroxyl groups is 1. The predicted octanol–water partition coefficient (Wildman–Crippen LogP) is 2.52. The second-order valence-corrected chi connectivity index (χ2v) is 3.84. The van der Waals surface area contributed by atoms with Gasteiger partial charge in [0.05, 0.1) is 10.6 Å². The minimum absolute atomic E-state index is 0.134. The van der Waals surface area contributed by atoms with Crippen molar-refractivity contribution in [1.82, 2.24) is 0 Å². The monoisotopic (exact) mass is 238 g/mol. The molecule has 0 saturated carbocycles. The van der Waals surface area contributed by atoms with E-state index in [-0.39, 0.29) is 11.6 Å². The molecule has 0 amide bonds. The summed E-state index contributed by atoms with van der Waals surface area (Å²) < 4.78 is 15.1. The van der Waals surface area contributed by atoms with Gasteiger partial charge in [-0.2, -0.15) is 4.57 Å². The van der Waals surface area contributed by atoms with Gasteiger partial charge in [0.1, 0.15) is 5.82 Å². The van der Waals surface area contributed by atoms with Crippen LogP contribution in [0, 0.1) is 5.82 Å². The molecule has 0 saturated heterocycles. The van der Waals surface area contributed by atoms with Crippen molar-refractivity contribution in [2.45, 2.75) is 6.54 Å². The van der Waals surface area contributed by atoms with E-state index in [1.54, 1.807) is 35.0 Å².